The highest BCUT2D eigenvalue weighted by Crippen LogP contribution is 2.22. The van der Waals surface area contributed by atoms with E-state index in [0.717, 1.165) is 12.3 Å². The second-order valence-corrected chi connectivity index (χ2v) is 4.03. The van der Waals surface area contributed by atoms with E-state index in [-0.39, 0.29) is 5.56 Å². The Hall–Kier alpha value is -2.50. The molecule has 0 atom stereocenters. The summed E-state index contributed by atoms with van der Waals surface area (Å²) in [6.45, 7) is 0. The van der Waals surface area contributed by atoms with E-state index < -0.39 is 17.7 Å². The molecular weight excluding hydrogens is 266 g/mol. The van der Waals surface area contributed by atoms with E-state index in [1.54, 1.807) is 24.3 Å². The zero-order valence-corrected chi connectivity index (χ0v) is 10.9. The highest BCUT2D eigenvalue weighted by Gasteiger charge is 2.20. The molecule has 1 aromatic heterocycles. The van der Waals surface area contributed by atoms with Crippen LogP contribution in [-0.4, -0.2) is 25.0 Å². The highest BCUT2D eigenvalue weighted by molar-refractivity contribution is 6.05. The van der Waals surface area contributed by atoms with Crippen molar-refractivity contribution in [3.63, 3.8) is 0 Å². The number of carbonyl (C=O) groups is 1. The summed E-state index contributed by atoms with van der Waals surface area (Å²) in [7, 11) is 2.97. The fourth-order valence-corrected chi connectivity index (χ4v) is 1.70. The Labute approximate surface area is 114 Å². The van der Waals surface area contributed by atoms with Gasteiger partial charge < -0.3 is 9.64 Å². The SMILES string of the molecule is COc1cccc(N(C)C(=O)c2ccnc(F)c2F)c1. The third-order valence-electron chi connectivity index (χ3n) is 2.82. The lowest BCUT2D eigenvalue weighted by molar-refractivity contribution is 0.0987. The molecule has 6 heteroatoms. The molecule has 1 heterocycles. The fraction of sp³-hybridized carbons (Fsp3) is 0.143. The van der Waals surface area contributed by atoms with Crippen molar-refractivity contribution in [2.75, 3.05) is 19.1 Å². The lowest BCUT2D eigenvalue weighted by atomic mass is 10.2. The number of halogens is 2. The van der Waals surface area contributed by atoms with Gasteiger partial charge in [-0.1, -0.05) is 6.07 Å². The summed E-state index contributed by atoms with van der Waals surface area (Å²) in [5.74, 6) is -2.66. The first-order valence-corrected chi connectivity index (χ1v) is 5.76. The van der Waals surface area contributed by atoms with Gasteiger partial charge in [0.15, 0.2) is 5.82 Å². The summed E-state index contributed by atoms with van der Waals surface area (Å²) in [5.41, 5.74) is 0.133. The molecule has 2 rings (SSSR count). The lowest BCUT2D eigenvalue weighted by Gasteiger charge is -2.18. The molecule has 0 fully saturated rings. The van der Waals surface area contributed by atoms with Crippen molar-refractivity contribution in [1.29, 1.82) is 0 Å². The molecule has 2 aromatic rings. The maximum Gasteiger partial charge on any atom is 0.261 e. The Bertz CT molecular complexity index is 647. The fourth-order valence-electron chi connectivity index (χ4n) is 1.70. The number of ether oxygens (including phenoxy) is 1. The number of carbonyl (C=O) groups excluding carboxylic acids is 1. The Morgan fingerprint density at radius 3 is 2.75 bits per heavy atom. The normalized spacial score (nSPS) is 10.2. The molecule has 0 saturated heterocycles. The highest BCUT2D eigenvalue weighted by atomic mass is 19.2. The predicted octanol–water partition coefficient (Wildman–Crippen LogP) is 2.65. The van der Waals surface area contributed by atoms with Crippen LogP contribution >= 0.6 is 0 Å². The molecule has 0 aliphatic rings. The summed E-state index contributed by atoms with van der Waals surface area (Å²) in [6, 6.07) is 7.83. The number of aromatic nitrogens is 1. The predicted molar refractivity (Wildman–Crippen MR) is 69.9 cm³/mol. The molecule has 20 heavy (non-hydrogen) atoms. The average Bonchev–Trinajstić information content (AvgIpc) is 2.48. The summed E-state index contributed by atoms with van der Waals surface area (Å²) in [4.78, 5) is 16.5. The van der Waals surface area contributed by atoms with E-state index in [1.165, 1.54) is 19.1 Å². The van der Waals surface area contributed by atoms with E-state index in [4.69, 9.17) is 4.74 Å². The number of rotatable bonds is 3. The lowest BCUT2D eigenvalue weighted by Crippen LogP contribution is -2.27. The number of hydrogen-bond acceptors (Lipinski definition) is 3. The van der Waals surface area contributed by atoms with Gasteiger partial charge in [-0.3, -0.25) is 4.79 Å². The van der Waals surface area contributed by atoms with Gasteiger partial charge in [0, 0.05) is 25.0 Å². The van der Waals surface area contributed by atoms with Crippen LogP contribution in [0.3, 0.4) is 0 Å². The molecule has 0 unspecified atom stereocenters. The largest absolute Gasteiger partial charge is 0.497 e. The van der Waals surface area contributed by atoms with E-state index in [9.17, 15) is 13.6 Å². The first kappa shape index (κ1) is 13.9. The van der Waals surface area contributed by atoms with Gasteiger partial charge in [0.1, 0.15) is 5.75 Å². The third kappa shape index (κ3) is 2.59. The number of benzene rings is 1. The van der Waals surface area contributed by atoms with Crippen molar-refractivity contribution in [1.82, 2.24) is 4.98 Å². The van der Waals surface area contributed by atoms with Crippen molar-refractivity contribution >= 4 is 11.6 Å². The Balaban J connectivity index is 2.35. The number of anilines is 1. The van der Waals surface area contributed by atoms with Crippen molar-refractivity contribution < 1.29 is 18.3 Å². The second-order valence-electron chi connectivity index (χ2n) is 4.03. The molecule has 0 N–H and O–H groups in total. The maximum absolute atomic E-state index is 13.6. The zero-order valence-electron chi connectivity index (χ0n) is 10.9. The first-order valence-electron chi connectivity index (χ1n) is 5.76. The third-order valence-corrected chi connectivity index (χ3v) is 2.82. The van der Waals surface area contributed by atoms with Gasteiger partial charge in [-0.25, -0.2) is 9.37 Å². The van der Waals surface area contributed by atoms with Gasteiger partial charge in [-0.05, 0) is 18.2 Å². The van der Waals surface area contributed by atoms with Gasteiger partial charge in [0.2, 0.25) is 5.95 Å². The van der Waals surface area contributed by atoms with Crippen LogP contribution in [0.15, 0.2) is 36.5 Å². The number of amides is 1. The molecular formula is C14H12F2N2O2. The monoisotopic (exact) mass is 278 g/mol. The number of methoxy groups -OCH3 is 1. The van der Waals surface area contributed by atoms with Crippen LogP contribution in [0.25, 0.3) is 0 Å². The van der Waals surface area contributed by atoms with Crippen LogP contribution in [0.5, 0.6) is 5.75 Å². The van der Waals surface area contributed by atoms with Crippen LogP contribution < -0.4 is 9.64 Å². The van der Waals surface area contributed by atoms with Crippen LogP contribution in [0.1, 0.15) is 10.4 Å². The molecule has 104 valence electrons. The standard InChI is InChI=1S/C14H12F2N2O2/c1-18(9-4-3-5-10(8-9)20-2)14(19)11-6-7-17-13(16)12(11)15/h3-8H,1-2H3. The quantitative estimate of drug-likeness (QED) is 0.811. The molecule has 0 aliphatic carbocycles. The van der Waals surface area contributed by atoms with Gasteiger partial charge in [-0.15, -0.1) is 0 Å². The van der Waals surface area contributed by atoms with Crippen molar-refractivity contribution in [2.24, 2.45) is 0 Å². The van der Waals surface area contributed by atoms with Crippen molar-refractivity contribution in [3.8, 4) is 5.75 Å². The van der Waals surface area contributed by atoms with Crippen LogP contribution in [-0.2, 0) is 0 Å². The minimum atomic E-state index is -1.30. The first-order chi connectivity index (χ1) is 9.54. The molecule has 0 spiro atoms. The van der Waals surface area contributed by atoms with Gasteiger partial charge >= 0.3 is 0 Å². The Morgan fingerprint density at radius 1 is 1.30 bits per heavy atom. The molecule has 1 amide bonds. The minimum Gasteiger partial charge on any atom is -0.497 e. The minimum absolute atomic E-state index is 0.372. The second kappa shape index (κ2) is 5.64. The molecule has 4 nitrogen and oxygen atoms in total. The Morgan fingerprint density at radius 2 is 2.05 bits per heavy atom. The van der Waals surface area contributed by atoms with Crippen LogP contribution in [0, 0.1) is 11.8 Å². The summed E-state index contributed by atoms with van der Waals surface area (Å²) >= 11 is 0. The summed E-state index contributed by atoms with van der Waals surface area (Å²) in [6.07, 6.45) is 1.05. The van der Waals surface area contributed by atoms with Crippen LogP contribution in [0.2, 0.25) is 0 Å². The zero-order chi connectivity index (χ0) is 14.7. The van der Waals surface area contributed by atoms with E-state index in [1.807, 2.05) is 0 Å². The van der Waals surface area contributed by atoms with Crippen LogP contribution in [0.4, 0.5) is 14.5 Å². The smallest absolute Gasteiger partial charge is 0.261 e. The average molecular weight is 278 g/mol. The molecule has 0 saturated carbocycles. The van der Waals surface area contributed by atoms with Gasteiger partial charge in [0.05, 0.1) is 12.7 Å². The van der Waals surface area contributed by atoms with E-state index >= 15 is 0 Å². The van der Waals surface area contributed by atoms with Gasteiger partial charge in [0.25, 0.3) is 5.91 Å². The maximum atomic E-state index is 13.6. The number of hydrogen-bond donors (Lipinski definition) is 0. The van der Waals surface area contributed by atoms with E-state index in [0.29, 0.717) is 11.4 Å². The molecule has 0 radical (unpaired) electrons. The van der Waals surface area contributed by atoms with Crippen molar-refractivity contribution in [2.45, 2.75) is 0 Å². The number of nitrogens with zero attached hydrogens (tertiary/aromatic N) is 2. The summed E-state index contributed by atoms with van der Waals surface area (Å²) < 4.78 is 31.7. The van der Waals surface area contributed by atoms with Crippen molar-refractivity contribution in [3.05, 3.63) is 53.9 Å². The van der Waals surface area contributed by atoms with E-state index in [2.05, 4.69) is 4.98 Å². The molecule has 0 bridgehead atoms. The topological polar surface area (TPSA) is 42.4 Å². The molecule has 1 aromatic carbocycles. The van der Waals surface area contributed by atoms with Gasteiger partial charge in [-0.2, -0.15) is 4.39 Å². The Kier molecular flexibility index (Phi) is 3.93. The number of pyridine rings is 1. The molecule has 0 aliphatic heterocycles. The summed E-state index contributed by atoms with van der Waals surface area (Å²) in [5, 5.41) is 0.